The summed E-state index contributed by atoms with van der Waals surface area (Å²) >= 11 is 0. The number of Topliss-reactive ketones (excluding diaryl/α,β-unsaturated/α-hetero) is 1. The van der Waals surface area contributed by atoms with Crippen LogP contribution >= 0.6 is 0 Å². The highest BCUT2D eigenvalue weighted by Gasteiger charge is 1.97. The molecule has 0 radical (unpaired) electrons. The van der Waals surface area contributed by atoms with Crippen molar-refractivity contribution >= 4 is 5.78 Å². The third-order valence-electron chi connectivity index (χ3n) is 1.27. The molecule has 0 rings (SSSR count). The van der Waals surface area contributed by atoms with Gasteiger partial charge < -0.3 is 5.32 Å². The van der Waals surface area contributed by atoms with E-state index in [2.05, 4.69) is 19.2 Å². The molecule has 0 heterocycles. The smallest absolute Gasteiger partial charge is 0.146 e. The van der Waals surface area contributed by atoms with Crippen LogP contribution in [0.2, 0.25) is 0 Å². The number of hydrogen-bond acceptors (Lipinski definition) is 2. The number of carbonyl (C=O) groups is 1. The number of rotatable bonds is 5. The van der Waals surface area contributed by atoms with E-state index in [1.54, 1.807) is 0 Å². The fraction of sp³-hybridized carbons (Fsp3) is 0.875. The van der Waals surface area contributed by atoms with E-state index in [9.17, 15) is 4.79 Å². The third kappa shape index (κ3) is 5.76. The lowest BCUT2D eigenvalue weighted by Gasteiger charge is -2.04. The quantitative estimate of drug-likeness (QED) is 0.626. The zero-order valence-corrected chi connectivity index (χ0v) is 7.11. The van der Waals surface area contributed by atoms with Crippen LogP contribution in [0.1, 0.15) is 27.2 Å². The van der Waals surface area contributed by atoms with Gasteiger partial charge in [-0.05, 0) is 12.5 Å². The molecule has 0 fully saturated rings. The Morgan fingerprint density at radius 2 is 2.10 bits per heavy atom. The first kappa shape index (κ1) is 9.63. The summed E-state index contributed by atoms with van der Waals surface area (Å²) in [5.41, 5.74) is 0. The van der Waals surface area contributed by atoms with Crippen molar-refractivity contribution < 1.29 is 4.79 Å². The monoisotopic (exact) mass is 143 g/mol. The van der Waals surface area contributed by atoms with E-state index in [1.165, 1.54) is 0 Å². The Labute approximate surface area is 63.0 Å². The van der Waals surface area contributed by atoms with Crippen LogP contribution in [0.3, 0.4) is 0 Å². The van der Waals surface area contributed by atoms with E-state index >= 15 is 0 Å². The predicted octanol–water partition coefficient (Wildman–Crippen LogP) is 1.21. The molecule has 60 valence electrons. The molecule has 0 aliphatic heterocycles. The van der Waals surface area contributed by atoms with E-state index in [0.29, 0.717) is 24.7 Å². The second kappa shape index (κ2) is 5.42. The maximum Gasteiger partial charge on any atom is 0.146 e. The molecular weight excluding hydrogens is 126 g/mol. The Morgan fingerprint density at radius 3 is 2.50 bits per heavy atom. The van der Waals surface area contributed by atoms with Crippen molar-refractivity contribution in [1.82, 2.24) is 5.32 Å². The molecule has 0 aromatic carbocycles. The lowest BCUT2D eigenvalue weighted by molar-refractivity contribution is -0.117. The minimum absolute atomic E-state index is 0.292. The predicted molar refractivity (Wildman–Crippen MR) is 43.0 cm³/mol. The molecule has 2 nitrogen and oxygen atoms in total. The lowest BCUT2D eigenvalue weighted by atomic mass is 10.2. The maximum absolute atomic E-state index is 10.7. The van der Waals surface area contributed by atoms with E-state index in [-0.39, 0.29) is 0 Å². The van der Waals surface area contributed by atoms with Crippen molar-refractivity contribution in [1.29, 1.82) is 0 Å². The van der Waals surface area contributed by atoms with Gasteiger partial charge in [0.1, 0.15) is 5.78 Å². The Kier molecular flexibility index (Phi) is 5.22. The zero-order valence-electron chi connectivity index (χ0n) is 7.11. The second-order valence-electron chi connectivity index (χ2n) is 2.92. The topological polar surface area (TPSA) is 29.1 Å². The van der Waals surface area contributed by atoms with Gasteiger partial charge >= 0.3 is 0 Å². The molecule has 0 aromatic heterocycles. The van der Waals surface area contributed by atoms with Crippen LogP contribution in [0.4, 0.5) is 0 Å². The van der Waals surface area contributed by atoms with Gasteiger partial charge in [-0.15, -0.1) is 0 Å². The summed E-state index contributed by atoms with van der Waals surface area (Å²) in [6.07, 6.45) is 0.644. The van der Waals surface area contributed by atoms with Gasteiger partial charge in [0, 0.05) is 6.42 Å². The summed E-state index contributed by atoms with van der Waals surface area (Å²) < 4.78 is 0. The van der Waals surface area contributed by atoms with Crippen LogP contribution in [0.25, 0.3) is 0 Å². The molecule has 0 saturated carbocycles. The molecule has 0 aliphatic carbocycles. The number of carbonyl (C=O) groups excluding carboxylic acids is 1. The molecule has 0 aliphatic rings. The van der Waals surface area contributed by atoms with Gasteiger partial charge in [-0.1, -0.05) is 20.8 Å². The first-order valence-electron chi connectivity index (χ1n) is 3.89. The molecule has 1 N–H and O–H groups in total. The Hall–Kier alpha value is -0.370. The van der Waals surface area contributed by atoms with Crippen molar-refractivity contribution in [2.45, 2.75) is 27.2 Å². The fourth-order valence-corrected chi connectivity index (χ4v) is 0.625. The van der Waals surface area contributed by atoms with Gasteiger partial charge in [-0.2, -0.15) is 0 Å². The number of hydrogen-bond donors (Lipinski definition) is 1. The van der Waals surface area contributed by atoms with Crippen molar-refractivity contribution in [2.75, 3.05) is 13.1 Å². The molecule has 0 atom stereocenters. The first-order valence-corrected chi connectivity index (χ1v) is 3.89. The van der Waals surface area contributed by atoms with Gasteiger partial charge in [0.05, 0.1) is 6.54 Å². The SMILES string of the molecule is CCC(=O)CNCC(C)C. The van der Waals surface area contributed by atoms with Crippen LogP contribution in [0.5, 0.6) is 0 Å². The molecule has 0 aromatic rings. The highest BCUT2D eigenvalue weighted by atomic mass is 16.1. The van der Waals surface area contributed by atoms with E-state index in [1.807, 2.05) is 6.92 Å². The molecule has 0 unspecified atom stereocenters. The van der Waals surface area contributed by atoms with Gasteiger partial charge in [-0.3, -0.25) is 4.79 Å². The molecule has 0 saturated heterocycles. The minimum atomic E-state index is 0.292. The van der Waals surface area contributed by atoms with Gasteiger partial charge in [0.15, 0.2) is 0 Å². The maximum atomic E-state index is 10.7. The summed E-state index contributed by atoms with van der Waals surface area (Å²) in [7, 11) is 0. The summed E-state index contributed by atoms with van der Waals surface area (Å²) in [6, 6.07) is 0. The summed E-state index contributed by atoms with van der Waals surface area (Å²) in [4.78, 5) is 10.7. The van der Waals surface area contributed by atoms with Crippen molar-refractivity contribution in [3.05, 3.63) is 0 Å². The molecule has 0 bridgehead atoms. The third-order valence-corrected chi connectivity index (χ3v) is 1.27. The molecule has 0 spiro atoms. The van der Waals surface area contributed by atoms with E-state index in [0.717, 1.165) is 6.54 Å². The van der Waals surface area contributed by atoms with Gasteiger partial charge in [0.25, 0.3) is 0 Å². The van der Waals surface area contributed by atoms with E-state index in [4.69, 9.17) is 0 Å². The average Bonchev–Trinajstić information content (AvgIpc) is 1.87. The van der Waals surface area contributed by atoms with Crippen LogP contribution in [-0.2, 0) is 4.79 Å². The number of nitrogens with one attached hydrogen (secondary N) is 1. The summed E-state index contributed by atoms with van der Waals surface area (Å²) in [6.45, 7) is 7.62. The standard InChI is InChI=1S/C8H17NO/c1-4-8(10)6-9-5-7(2)3/h7,9H,4-6H2,1-3H3. The van der Waals surface area contributed by atoms with Crippen molar-refractivity contribution in [3.63, 3.8) is 0 Å². The Morgan fingerprint density at radius 1 is 1.50 bits per heavy atom. The summed E-state index contributed by atoms with van der Waals surface area (Å²) in [5.74, 6) is 0.922. The van der Waals surface area contributed by atoms with Crippen molar-refractivity contribution in [2.24, 2.45) is 5.92 Å². The highest BCUT2D eigenvalue weighted by Crippen LogP contribution is 1.86. The van der Waals surface area contributed by atoms with E-state index < -0.39 is 0 Å². The largest absolute Gasteiger partial charge is 0.310 e. The lowest BCUT2D eigenvalue weighted by Crippen LogP contribution is -2.25. The van der Waals surface area contributed by atoms with Gasteiger partial charge in [0.2, 0.25) is 0 Å². The summed E-state index contributed by atoms with van der Waals surface area (Å²) in [5, 5.41) is 3.09. The van der Waals surface area contributed by atoms with Crippen LogP contribution in [0.15, 0.2) is 0 Å². The molecule has 0 amide bonds. The molecule has 2 heteroatoms. The first-order chi connectivity index (χ1) is 4.66. The fourth-order valence-electron chi connectivity index (χ4n) is 0.625. The Bertz CT molecular complexity index is 99.4. The molecular formula is C8H17NO. The Balaban J connectivity index is 3.12. The van der Waals surface area contributed by atoms with Crippen LogP contribution in [-0.4, -0.2) is 18.9 Å². The van der Waals surface area contributed by atoms with Gasteiger partial charge in [-0.25, -0.2) is 0 Å². The van der Waals surface area contributed by atoms with Crippen LogP contribution < -0.4 is 5.32 Å². The minimum Gasteiger partial charge on any atom is -0.310 e. The van der Waals surface area contributed by atoms with Crippen LogP contribution in [0, 0.1) is 5.92 Å². The number of ketones is 1. The highest BCUT2D eigenvalue weighted by molar-refractivity contribution is 5.80. The second-order valence-corrected chi connectivity index (χ2v) is 2.92. The molecule has 10 heavy (non-hydrogen) atoms. The average molecular weight is 143 g/mol. The normalized spacial score (nSPS) is 10.4. The van der Waals surface area contributed by atoms with Crippen molar-refractivity contribution in [3.8, 4) is 0 Å². The zero-order chi connectivity index (χ0) is 7.98.